The molecule has 0 unspecified atom stereocenters. The first kappa shape index (κ1) is 18.5. The molecular formula is C19H19FN2O3S. The first-order chi connectivity index (χ1) is 12.6. The molecule has 0 saturated heterocycles. The number of amides is 1. The summed E-state index contributed by atoms with van der Waals surface area (Å²) in [5.74, 6) is -1.03. The Hall–Kier alpha value is -2.32. The van der Waals surface area contributed by atoms with Gasteiger partial charge in [-0.25, -0.2) is 9.87 Å². The molecule has 0 aliphatic rings. The number of hydrogen-bond donors (Lipinski definition) is 3. The number of benzene rings is 2. The maximum Gasteiger partial charge on any atom is 0.284 e. The largest absolute Gasteiger partial charge is 0.395 e. The summed E-state index contributed by atoms with van der Waals surface area (Å²) >= 11 is 1.00. The van der Waals surface area contributed by atoms with Gasteiger partial charge in [-0.15, -0.1) is 11.3 Å². The van der Waals surface area contributed by atoms with E-state index < -0.39 is 5.91 Å². The number of nitrogens with zero attached hydrogens (tertiary/aromatic N) is 1. The molecule has 1 aromatic heterocycles. The zero-order valence-electron chi connectivity index (χ0n) is 14.0. The summed E-state index contributed by atoms with van der Waals surface area (Å²) in [5.41, 5.74) is 3.15. The highest BCUT2D eigenvalue weighted by atomic mass is 32.1. The summed E-state index contributed by atoms with van der Waals surface area (Å²) in [6.07, 6.45) is 0. The predicted molar refractivity (Wildman–Crippen MR) is 98.7 cm³/mol. The summed E-state index contributed by atoms with van der Waals surface area (Å²) in [4.78, 5) is 13.7. The zero-order chi connectivity index (χ0) is 18.5. The lowest BCUT2D eigenvalue weighted by Gasteiger charge is -2.22. The minimum absolute atomic E-state index is 0.0173. The smallest absolute Gasteiger partial charge is 0.284 e. The van der Waals surface area contributed by atoms with Crippen molar-refractivity contribution in [2.45, 2.75) is 13.1 Å². The number of aliphatic hydroxyl groups is 1. The Morgan fingerprint density at radius 2 is 1.92 bits per heavy atom. The van der Waals surface area contributed by atoms with Crippen LogP contribution in [-0.4, -0.2) is 34.3 Å². The Labute approximate surface area is 154 Å². The van der Waals surface area contributed by atoms with Gasteiger partial charge in [0, 0.05) is 25.2 Å². The zero-order valence-corrected chi connectivity index (χ0v) is 14.8. The van der Waals surface area contributed by atoms with Crippen LogP contribution in [-0.2, 0) is 13.1 Å². The SMILES string of the molecule is O=C(NO)c1cc2ccc(CN(CCO)Cc3ccccc3)c(F)c2s1. The number of hydrogen-bond acceptors (Lipinski definition) is 5. The van der Waals surface area contributed by atoms with Crippen molar-refractivity contribution in [2.75, 3.05) is 13.2 Å². The van der Waals surface area contributed by atoms with Crippen molar-refractivity contribution in [1.82, 2.24) is 10.4 Å². The number of halogens is 1. The number of fused-ring (bicyclic) bond motifs is 1. The van der Waals surface area contributed by atoms with Crippen molar-refractivity contribution in [1.29, 1.82) is 0 Å². The van der Waals surface area contributed by atoms with Gasteiger partial charge in [-0.2, -0.15) is 0 Å². The van der Waals surface area contributed by atoms with Crippen LogP contribution in [0.15, 0.2) is 48.5 Å². The highest BCUT2D eigenvalue weighted by Gasteiger charge is 2.16. The van der Waals surface area contributed by atoms with Gasteiger partial charge in [0.1, 0.15) is 5.82 Å². The topological polar surface area (TPSA) is 72.8 Å². The van der Waals surface area contributed by atoms with E-state index in [-0.39, 0.29) is 17.3 Å². The maximum absolute atomic E-state index is 14.9. The lowest BCUT2D eigenvalue weighted by atomic mass is 10.1. The number of rotatable bonds is 7. The highest BCUT2D eigenvalue weighted by molar-refractivity contribution is 7.20. The monoisotopic (exact) mass is 374 g/mol. The Balaban J connectivity index is 1.85. The molecule has 0 fully saturated rings. The van der Waals surface area contributed by atoms with Gasteiger partial charge < -0.3 is 5.11 Å². The fraction of sp³-hybridized carbons (Fsp3) is 0.211. The third-order valence-corrected chi connectivity index (χ3v) is 5.23. The Bertz CT molecular complexity index is 898. The van der Waals surface area contributed by atoms with Gasteiger partial charge in [0.05, 0.1) is 16.2 Å². The van der Waals surface area contributed by atoms with Crippen LogP contribution < -0.4 is 5.48 Å². The predicted octanol–water partition coefficient (Wildman–Crippen LogP) is 3.15. The highest BCUT2D eigenvalue weighted by Crippen LogP contribution is 2.30. The first-order valence-corrected chi connectivity index (χ1v) is 8.96. The van der Waals surface area contributed by atoms with Crippen LogP contribution in [0.2, 0.25) is 0 Å². The van der Waals surface area contributed by atoms with Gasteiger partial charge in [0.2, 0.25) is 0 Å². The normalized spacial score (nSPS) is 11.2. The maximum atomic E-state index is 14.9. The molecule has 0 spiro atoms. The molecule has 3 N–H and O–H groups in total. The van der Waals surface area contributed by atoms with Crippen molar-refractivity contribution in [2.24, 2.45) is 0 Å². The summed E-state index contributed by atoms with van der Waals surface area (Å²) < 4.78 is 15.3. The van der Waals surface area contributed by atoms with E-state index in [1.807, 2.05) is 35.2 Å². The molecule has 0 aliphatic carbocycles. The van der Waals surface area contributed by atoms with Crippen LogP contribution in [0.5, 0.6) is 0 Å². The second-order valence-electron chi connectivity index (χ2n) is 5.93. The number of aliphatic hydroxyl groups excluding tert-OH is 1. The molecule has 3 aromatic rings. The van der Waals surface area contributed by atoms with Gasteiger partial charge >= 0.3 is 0 Å². The standard InChI is InChI=1S/C19H19FN2O3S/c20-17-15(7-6-14-10-16(19(24)21-25)26-18(14)17)12-22(8-9-23)11-13-4-2-1-3-5-13/h1-7,10,23,25H,8-9,11-12H2,(H,21,24). The van der Waals surface area contributed by atoms with E-state index >= 15 is 0 Å². The molecular weight excluding hydrogens is 355 g/mol. The van der Waals surface area contributed by atoms with Crippen molar-refractivity contribution in [3.63, 3.8) is 0 Å². The van der Waals surface area contributed by atoms with Gasteiger partial charge in [-0.05, 0) is 17.0 Å². The second kappa shape index (κ2) is 8.37. The van der Waals surface area contributed by atoms with E-state index in [0.717, 1.165) is 16.9 Å². The van der Waals surface area contributed by atoms with E-state index in [1.165, 1.54) is 0 Å². The molecule has 136 valence electrons. The number of nitrogens with one attached hydrogen (secondary N) is 1. The average Bonchev–Trinajstić information content (AvgIpc) is 3.09. The summed E-state index contributed by atoms with van der Waals surface area (Å²) in [6.45, 7) is 1.35. The lowest BCUT2D eigenvalue weighted by molar-refractivity contribution is 0.0711. The van der Waals surface area contributed by atoms with Crippen molar-refractivity contribution in [3.8, 4) is 0 Å². The summed E-state index contributed by atoms with van der Waals surface area (Å²) in [5, 5.41) is 18.7. The van der Waals surface area contributed by atoms with Crippen LogP contribution in [0.4, 0.5) is 4.39 Å². The fourth-order valence-corrected chi connectivity index (χ4v) is 3.85. The molecule has 7 heteroatoms. The van der Waals surface area contributed by atoms with E-state index in [0.29, 0.717) is 35.3 Å². The van der Waals surface area contributed by atoms with E-state index in [1.54, 1.807) is 23.7 Å². The molecule has 5 nitrogen and oxygen atoms in total. The Morgan fingerprint density at radius 1 is 1.15 bits per heavy atom. The molecule has 0 atom stereocenters. The van der Waals surface area contributed by atoms with Gasteiger partial charge in [-0.1, -0.05) is 42.5 Å². The molecule has 1 heterocycles. The van der Waals surface area contributed by atoms with E-state index in [4.69, 9.17) is 5.21 Å². The lowest BCUT2D eigenvalue weighted by Crippen LogP contribution is -2.26. The molecule has 0 aliphatic heterocycles. The Kier molecular flexibility index (Phi) is 5.95. The third-order valence-electron chi connectivity index (χ3n) is 4.09. The van der Waals surface area contributed by atoms with Crippen molar-refractivity contribution in [3.05, 3.63) is 70.4 Å². The van der Waals surface area contributed by atoms with Crippen LogP contribution in [0.3, 0.4) is 0 Å². The molecule has 2 aromatic carbocycles. The Morgan fingerprint density at radius 3 is 2.62 bits per heavy atom. The van der Waals surface area contributed by atoms with Crippen molar-refractivity contribution >= 4 is 27.3 Å². The quantitative estimate of drug-likeness (QED) is 0.439. The number of thiophene rings is 1. The molecule has 0 bridgehead atoms. The first-order valence-electron chi connectivity index (χ1n) is 8.15. The minimum atomic E-state index is -0.655. The fourth-order valence-electron chi connectivity index (χ4n) is 2.84. The van der Waals surface area contributed by atoms with Crippen LogP contribution >= 0.6 is 11.3 Å². The molecule has 26 heavy (non-hydrogen) atoms. The third kappa shape index (κ3) is 4.08. The van der Waals surface area contributed by atoms with Gasteiger partial charge in [-0.3, -0.25) is 14.9 Å². The van der Waals surface area contributed by atoms with Crippen LogP contribution in [0.25, 0.3) is 10.1 Å². The van der Waals surface area contributed by atoms with Crippen molar-refractivity contribution < 1.29 is 19.5 Å². The van der Waals surface area contributed by atoms with E-state index in [9.17, 15) is 14.3 Å². The van der Waals surface area contributed by atoms with Crippen LogP contribution in [0.1, 0.15) is 20.8 Å². The average molecular weight is 374 g/mol. The number of hydroxylamine groups is 1. The summed E-state index contributed by atoms with van der Waals surface area (Å²) in [7, 11) is 0. The minimum Gasteiger partial charge on any atom is -0.395 e. The molecule has 3 rings (SSSR count). The molecule has 0 saturated carbocycles. The summed E-state index contributed by atoms with van der Waals surface area (Å²) in [6, 6.07) is 14.8. The van der Waals surface area contributed by atoms with E-state index in [2.05, 4.69) is 0 Å². The second-order valence-corrected chi connectivity index (χ2v) is 6.98. The number of carbonyl (C=O) groups excluding carboxylic acids is 1. The van der Waals surface area contributed by atoms with Crippen LogP contribution in [0, 0.1) is 5.82 Å². The number of carbonyl (C=O) groups is 1. The molecule has 0 radical (unpaired) electrons. The molecule has 1 amide bonds. The van der Waals surface area contributed by atoms with Gasteiger partial charge in [0.25, 0.3) is 5.91 Å². The van der Waals surface area contributed by atoms with Gasteiger partial charge in [0.15, 0.2) is 0 Å².